The molecule has 0 bridgehead atoms. The summed E-state index contributed by atoms with van der Waals surface area (Å²) < 4.78 is 0.462. The first-order valence-corrected chi connectivity index (χ1v) is 10.2. The summed E-state index contributed by atoms with van der Waals surface area (Å²) in [7, 11) is 0. The number of amides is 2. The summed E-state index contributed by atoms with van der Waals surface area (Å²) in [4.78, 5) is 34.7. The van der Waals surface area contributed by atoms with Crippen LogP contribution in [0.4, 0.5) is 16.5 Å². The second-order valence-corrected chi connectivity index (χ2v) is 8.09. The highest BCUT2D eigenvalue weighted by Gasteiger charge is 2.20. The second kappa shape index (κ2) is 9.45. The number of aromatic nitrogens is 2. The number of anilines is 2. The molecular formula is C17H12ClN5O4S2. The Morgan fingerprint density at radius 3 is 2.69 bits per heavy atom. The lowest BCUT2D eigenvalue weighted by atomic mass is 10.1. The minimum Gasteiger partial charge on any atom is -0.325 e. The summed E-state index contributed by atoms with van der Waals surface area (Å²) in [5.41, 5.74) is 0.197. The van der Waals surface area contributed by atoms with E-state index in [9.17, 15) is 19.7 Å². The van der Waals surface area contributed by atoms with Crippen LogP contribution >= 0.6 is 34.7 Å². The molecule has 0 unspecified atom stereocenters. The molecule has 0 spiro atoms. The van der Waals surface area contributed by atoms with Gasteiger partial charge in [-0.2, -0.15) is 0 Å². The monoisotopic (exact) mass is 449 g/mol. The number of nitro groups is 1. The van der Waals surface area contributed by atoms with Gasteiger partial charge in [-0.15, -0.1) is 10.2 Å². The van der Waals surface area contributed by atoms with Crippen molar-refractivity contribution in [2.75, 3.05) is 16.4 Å². The molecule has 2 N–H and O–H groups in total. The molecule has 0 saturated heterocycles. The van der Waals surface area contributed by atoms with E-state index in [0.29, 0.717) is 15.0 Å². The van der Waals surface area contributed by atoms with Gasteiger partial charge < -0.3 is 5.32 Å². The maximum absolute atomic E-state index is 12.3. The first-order chi connectivity index (χ1) is 13.9. The minimum absolute atomic E-state index is 0.0807. The molecule has 0 aliphatic rings. The van der Waals surface area contributed by atoms with Crippen LogP contribution in [0.25, 0.3) is 0 Å². The quantitative estimate of drug-likeness (QED) is 0.240. The summed E-state index contributed by atoms with van der Waals surface area (Å²) in [6.07, 6.45) is 0. The van der Waals surface area contributed by atoms with Gasteiger partial charge in [-0.3, -0.25) is 25.0 Å². The molecule has 12 heteroatoms. The van der Waals surface area contributed by atoms with E-state index < -0.39 is 10.8 Å². The lowest BCUT2D eigenvalue weighted by molar-refractivity contribution is -0.385. The fourth-order valence-electron chi connectivity index (χ4n) is 2.20. The lowest BCUT2D eigenvalue weighted by Crippen LogP contribution is -2.13. The summed E-state index contributed by atoms with van der Waals surface area (Å²) in [6.45, 7) is 0. The molecule has 0 aliphatic carbocycles. The Morgan fingerprint density at radius 1 is 1.14 bits per heavy atom. The Bertz CT molecular complexity index is 1080. The van der Waals surface area contributed by atoms with E-state index in [-0.39, 0.29) is 28.0 Å². The first kappa shape index (κ1) is 20.7. The molecule has 3 aromatic rings. The fraction of sp³-hybridized carbons (Fsp3) is 0.0588. The van der Waals surface area contributed by atoms with Crippen LogP contribution < -0.4 is 10.6 Å². The number of benzene rings is 2. The number of halogens is 1. The number of thioether (sulfide) groups is 1. The molecule has 148 valence electrons. The average molecular weight is 450 g/mol. The zero-order valence-electron chi connectivity index (χ0n) is 14.5. The molecule has 0 aliphatic heterocycles. The van der Waals surface area contributed by atoms with E-state index in [2.05, 4.69) is 20.8 Å². The van der Waals surface area contributed by atoms with Gasteiger partial charge in [0.1, 0.15) is 5.56 Å². The Labute approximate surface area is 177 Å². The SMILES string of the molecule is O=C(CSc1nnc(NC(=O)c2ccccc2[N+](=O)[O-])s1)Nc1cccc(Cl)c1. The Hall–Kier alpha value is -3.02. The number of nitrogens with one attached hydrogen (secondary N) is 2. The van der Waals surface area contributed by atoms with Gasteiger partial charge in [-0.05, 0) is 24.3 Å². The molecule has 1 heterocycles. The third kappa shape index (κ3) is 5.73. The van der Waals surface area contributed by atoms with E-state index in [4.69, 9.17) is 11.6 Å². The molecule has 1 aromatic heterocycles. The van der Waals surface area contributed by atoms with Crippen LogP contribution in [-0.2, 0) is 4.79 Å². The summed E-state index contributed by atoms with van der Waals surface area (Å²) in [5.74, 6) is -0.833. The van der Waals surface area contributed by atoms with Crippen molar-refractivity contribution >= 4 is 63.0 Å². The average Bonchev–Trinajstić information content (AvgIpc) is 3.13. The highest BCUT2D eigenvalue weighted by Crippen LogP contribution is 2.27. The van der Waals surface area contributed by atoms with E-state index in [1.165, 1.54) is 24.3 Å². The first-order valence-electron chi connectivity index (χ1n) is 7.99. The van der Waals surface area contributed by atoms with Crippen LogP contribution in [0.15, 0.2) is 52.9 Å². The van der Waals surface area contributed by atoms with Crippen LogP contribution in [0.1, 0.15) is 10.4 Å². The second-order valence-electron chi connectivity index (χ2n) is 5.45. The van der Waals surface area contributed by atoms with Crippen LogP contribution in [-0.4, -0.2) is 32.7 Å². The zero-order valence-corrected chi connectivity index (χ0v) is 16.9. The summed E-state index contributed by atoms with van der Waals surface area (Å²) >= 11 is 8.07. The molecule has 0 radical (unpaired) electrons. The van der Waals surface area contributed by atoms with Crippen LogP contribution in [0, 0.1) is 10.1 Å². The largest absolute Gasteiger partial charge is 0.325 e. The van der Waals surface area contributed by atoms with Crippen LogP contribution in [0.2, 0.25) is 5.02 Å². The molecule has 0 fully saturated rings. The number of hydrogen-bond donors (Lipinski definition) is 2. The number of nitrogens with zero attached hydrogens (tertiary/aromatic N) is 3. The summed E-state index contributed by atoms with van der Waals surface area (Å²) in [5, 5.41) is 24.6. The Kier molecular flexibility index (Phi) is 6.75. The number of rotatable bonds is 7. The Balaban J connectivity index is 1.56. The van der Waals surface area contributed by atoms with Gasteiger partial charge in [-0.1, -0.05) is 52.9 Å². The normalized spacial score (nSPS) is 10.4. The fourth-order valence-corrected chi connectivity index (χ4v) is 3.94. The number of carbonyl (C=O) groups is 2. The zero-order chi connectivity index (χ0) is 20.8. The van der Waals surface area contributed by atoms with Gasteiger partial charge in [0.2, 0.25) is 11.0 Å². The van der Waals surface area contributed by atoms with E-state index in [1.807, 2.05) is 0 Å². The highest BCUT2D eigenvalue weighted by molar-refractivity contribution is 8.01. The van der Waals surface area contributed by atoms with Gasteiger partial charge in [0.05, 0.1) is 10.7 Å². The molecule has 2 aromatic carbocycles. The lowest BCUT2D eigenvalue weighted by Gasteiger charge is -2.04. The van der Waals surface area contributed by atoms with Crippen molar-refractivity contribution in [3.8, 4) is 0 Å². The van der Waals surface area contributed by atoms with Gasteiger partial charge in [0.25, 0.3) is 11.6 Å². The van der Waals surface area contributed by atoms with Gasteiger partial charge in [-0.25, -0.2) is 0 Å². The van der Waals surface area contributed by atoms with E-state index >= 15 is 0 Å². The van der Waals surface area contributed by atoms with Gasteiger partial charge >= 0.3 is 0 Å². The maximum atomic E-state index is 12.3. The number of para-hydroxylation sites is 1. The van der Waals surface area contributed by atoms with E-state index in [0.717, 1.165) is 23.1 Å². The smallest absolute Gasteiger partial charge is 0.282 e. The topological polar surface area (TPSA) is 127 Å². The number of hydrogen-bond acceptors (Lipinski definition) is 8. The molecular weight excluding hydrogens is 438 g/mol. The van der Waals surface area contributed by atoms with Crippen molar-refractivity contribution in [2.24, 2.45) is 0 Å². The van der Waals surface area contributed by atoms with Crippen molar-refractivity contribution in [1.29, 1.82) is 0 Å². The highest BCUT2D eigenvalue weighted by atomic mass is 35.5. The predicted octanol–water partition coefficient (Wildman–Crippen LogP) is 4.08. The molecule has 0 atom stereocenters. The van der Waals surface area contributed by atoms with Crippen molar-refractivity contribution in [3.05, 3.63) is 69.2 Å². The molecule has 9 nitrogen and oxygen atoms in total. The van der Waals surface area contributed by atoms with Gasteiger partial charge in [0.15, 0.2) is 4.34 Å². The van der Waals surface area contributed by atoms with Crippen molar-refractivity contribution in [2.45, 2.75) is 4.34 Å². The van der Waals surface area contributed by atoms with Crippen molar-refractivity contribution in [3.63, 3.8) is 0 Å². The molecule has 2 amide bonds. The van der Waals surface area contributed by atoms with E-state index in [1.54, 1.807) is 24.3 Å². The molecule has 29 heavy (non-hydrogen) atoms. The minimum atomic E-state index is -0.663. The third-order valence-corrected chi connectivity index (χ3v) is 5.61. The molecule has 3 rings (SSSR count). The number of carbonyl (C=O) groups excluding carboxylic acids is 2. The van der Waals surface area contributed by atoms with Crippen LogP contribution in [0.3, 0.4) is 0 Å². The van der Waals surface area contributed by atoms with Crippen molar-refractivity contribution < 1.29 is 14.5 Å². The Morgan fingerprint density at radius 2 is 1.93 bits per heavy atom. The van der Waals surface area contributed by atoms with Crippen LogP contribution in [0.5, 0.6) is 0 Å². The standard InChI is InChI=1S/C17H12ClN5O4S2/c18-10-4-3-5-11(8-10)19-14(24)9-28-17-22-21-16(29-17)20-15(25)12-6-1-2-7-13(12)23(26)27/h1-8H,9H2,(H,19,24)(H,20,21,25). The summed E-state index contributed by atoms with van der Waals surface area (Å²) in [6, 6.07) is 12.4. The van der Waals surface area contributed by atoms with Crippen molar-refractivity contribution in [1.82, 2.24) is 10.2 Å². The molecule has 0 saturated carbocycles. The van der Waals surface area contributed by atoms with Gasteiger partial charge in [0, 0.05) is 16.8 Å². The third-order valence-electron chi connectivity index (χ3n) is 3.41. The maximum Gasteiger partial charge on any atom is 0.282 e. The number of nitro benzene ring substituents is 1. The predicted molar refractivity (Wildman–Crippen MR) is 112 cm³/mol.